The third-order valence-corrected chi connectivity index (χ3v) is 3.81. The van der Waals surface area contributed by atoms with Crippen LogP contribution in [0.5, 0.6) is 5.75 Å². The average Bonchev–Trinajstić information content (AvgIpc) is 2.61. The number of aryl methyl sites for hydroxylation is 1. The summed E-state index contributed by atoms with van der Waals surface area (Å²) in [5.41, 5.74) is 1.59. The van der Waals surface area contributed by atoms with Crippen LogP contribution in [0.3, 0.4) is 0 Å². The number of carbonyl (C=O) groups is 1. The van der Waals surface area contributed by atoms with E-state index in [0.717, 1.165) is 30.6 Å². The number of hydrogen-bond acceptors (Lipinski definition) is 4. The third kappa shape index (κ3) is 5.31. The molecule has 2 aromatic rings. The second kappa shape index (κ2) is 8.82. The van der Waals surface area contributed by atoms with Crippen molar-refractivity contribution >= 4 is 17.3 Å². The maximum Gasteiger partial charge on any atom is 0.271 e. The van der Waals surface area contributed by atoms with Gasteiger partial charge in [0.15, 0.2) is 0 Å². The number of hydrogen-bond donors (Lipinski definition) is 1. The Kier molecular flexibility index (Phi) is 6.51. The molecule has 0 saturated carbocycles. The molecule has 0 saturated heterocycles. The molecule has 0 aliphatic carbocycles. The van der Waals surface area contributed by atoms with Gasteiger partial charge in [-0.1, -0.05) is 25.8 Å². The van der Waals surface area contributed by atoms with Crippen LogP contribution in [0.4, 0.5) is 11.4 Å². The van der Waals surface area contributed by atoms with Crippen LogP contribution in [0, 0.1) is 17.0 Å². The minimum Gasteiger partial charge on any atom is -0.494 e. The van der Waals surface area contributed by atoms with Gasteiger partial charge in [-0.05, 0) is 43.2 Å². The summed E-state index contributed by atoms with van der Waals surface area (Å²) in [7, 11) is 0. The Morgan fingerprint density at radius 3 is 2.52 bits per heavy atom. The summed E-state index contributed by atoms with van der Waals surface area (Å²) in [5, 5.41) is 13.6. The summed E-state index contributed by atoms with van der Waals surface area (Å²) in [6.45, 7) is 4.58. The standard InChI is InChI=1S/C19H22N2O4/c1-3-4-5-12-25-17-10-7-15(8-11-17)19(22)20-18-13-16(21(23)24)9-6-14(18)2/h6-11,13H,3-5,12H2,1-2H3,(H,20,22). The van der Waals surface area contributed by atoms with Gasteiger partial charge in [-0.2, -0.15) is 0 Å². The van der Waals surface area contributed by atoms with E-state index in [9.17, 15) is 14.9 Å². The molecule has 2 rings (SSSR count). The number of ether oxygens (including phenoxy) is 1. The molecule has 2 aromatic carbocycles. The number of rotatable bonds is 8. The molecule has 0 unspecified atom stereocenters. The molecule has 0 atom stereocenters. The number of nitro groups is 1. The summed E-state index contributed by atoms with van der Waals surface area (Å²) in [6.07, 6.45) is 3.27. The summed E-state index contributed by atoms with van der Waals surface area (Å²) in [4.78, 5) is 22.7. The molecule has 0 aliphatic rings. The van der Waals surface area contributed by atoms with Gasteiger partial charge in [-0.25, -0.2) is 0 Å². The number of nitro benzene ring substituents is 1. The topological polar surface area (TPSA) is 81.5 Å². The van der Waals surface area contributed by atoms with Crippen molar-refractivity contribution in [2.24, 2.45) is 0 Å². The smallest absolute Gasteiger partial charge is 0.271 e. The van der Waals surface area contributed by atoms with Crippen LogP contribution >= 0.6 is 0 Å². The third-order valence-electron chi connectivity index (χ3n) is 3.81. The van der Waals surface area contributed by atoms with Crippen molar-refractivity contribution in [1.29, 1.82) is 0 Å². The van der Waals surface area contributed by atoms with Crippen molar-refractivity contribution in [3.8, 4) is 5.75 Å². The van der Waals surface area contributed by atoms with E-state index in [1.54, 1.807) is 37.3 Å². The number of benzene rings is 2. The van der Waals surface area contributed by atoms with E-state index in [1.165, 1.54) is 12.1 Å². The number of nitrogens with one attached hydrogen (secondary N) is 1. The molecule has 0 radical (unpaired) electrons. The minimum absolute atomic E-state index is 0.0586. The summed E-state index contributed by atoms with van der Waals surface area (Å²) in [5.74, 6) is 0.403. The molecule has 1 amide bonds. The number of carbonyl (C=O) groups excluding carboxylic acids is 1. The number of amides is 1. The number of anilines is 1. The van der Waals surface area contributed by atoms with Gasteiger partial charge in [0.2, 0.25) is 0 Å². The van der Waals surface area contributed by atoms with Gasteiger partial charge in [-0.3, -0.25) is 14.9 Å². The van der Waals surface area contributed by atoms with Gasteiger partial charge in [0.1, 0.15) is 5.75 Å². The van der Waals surface area contributed by atoms with Crippen LogP contribution < -0.4 is 10.1 Å². The largest absolute Gasteiger partial charge is 0.494 e. The SMILES string of the molecule is CCCCCOc1ccc(C(=O)Nc2cc([N+](=O)[O-])ccc2C)cc1. The number of unbranched alkanes of at least 4 members (excludes halogenated alkanes) is 2. The Morgan fingerprint density at radius 2 is 1.88 bits per heavy atom. The van der Waals surface area contributed by atoms with Crippen molar-refractivity contribution in [2.75, 3.05) is 11.9 Å². The van der Waals surface area contributed by atoms with Gasteiger partial charge in [0.25, 0.3) is 11.6 Å². The fourth-order valence-electron chi connectivity index (χ4n) is 2.30. The molecular formula is C19H22N2O4. The Morgan fingerprint density at radius 1 is 1.16 bits per heavy atom. The molecule has 6 heteroatoms. The van der Waals surface area contributed by atoms with Crippen molar-refractivity contribution in [2.45, 2.75) is 33.1 Å². The molecule has 132 valence electrons. The van der Waals surface area contributed by atoms with Crippen LogP contribution in [0.2, 0.25) is 0 Å². The minimum atomic E-state index is -0.486. The van der Waals surface area contributed by atoms with Crippen LogP contribution in [0.15, 0.2) is 42.5 Å². The summed E-state index contributed by atoms with van der Waals surface area (Å²) < 4.78 is 5.62. The maximum atomic E-state index is 12.3. The van der Waals surface area contributed by atoms with Crippen LogP contribution in [-0.4, -0.2) is 17.4 Å². The monoisotopic (exact) mass is 342 g/mol. The Hall–Kier alpha value is -2.89. The van der Waals surface area contributed by atoms with Gasteiger partial charge in [0, 0.05) is 17.7 Å². The first-order valence-corrected chi connectivity index (χ1v) is 8.30. The highest BCUT2D eigenvalue weighted by molar-refractivity contribution is 6.04. The summed E-state index contributed by atoms with van der Waals surface area (Å²) in [6, 6.07) is 11.2. The lowest BCUT2D eigenvalue weighted by Crippen LogP contribution is -2.13. The van der Waals surface area contributed by atoms with Crippen molar-refractivity contribution < 1.29 is 14.5 Å². The van der Waals surface area contributed by atoms with Crippen LogP contribution in [0.1, 0.15) is 42.1 Å². The zero-order chi connectivity index (χ0) is 18.2. The molecule has 0 spiro atoms. The van der Waals surface area contributed by atoms with Crippen molar-refractivity contribution in [3.63, 3.8) is 0 Å². The predicted molar refractivity (Wildman–Crippen MR) is 97.2 cm³/mol. The van der Waals surface area contributed by atoms with Crippen molar-refractivity contribution in [1.82, 2.24) is 0 Å². The molecule has 0 fully saturated rings. The Balaban J connectivity index is 2.01. The molecule has 6 nitrogen and oxygen atoms in total. The normalized spacial score (nSPS) is 10.3. The molecule has 0 bridgehead atoms. The Bertz CT molecular complexity index is 742. The van der Waals surface area contributed by atoms with Crippen LogP contribution in [-0.2, 0) is 0 Å². The lowest BCUT2D eigenvalue weighted by Gasteiger charge is -2.09. The van der Waals surface area contributed by atoms with E-state index < -0.39 is 4.92 Å². The Labute approximate surface area is 147 Å². The van der Waals surface area contributed by atoms with E-state index >= 15 is 0 Å². The first-order chi connectivity index (χ1) is 12.0. The van der Waals surface area contributed by atoms with E-state index in [1.807, 2.05) is 0 Å². The summed E-state index contributed by atoms with van der Waals surface area (Å²) >= 11 is 0. The van der Waals surface area contributed by atoms with Gasteiger partial charge in [0.05, 0.1) is 17.2 Å². The number of nitrogens with zero attached hydrogens (tertiary/aromatic N) is 1. The van der Waals surface area contributed by atoms with Crippen molar-refractivity contribution in [3.05, 3.63) is 63.7 Å². The highest BCUT2D eigenvalue weighted by atomic mass is 16.6. The van der Waals surface area contributed by atoms with E-state index in [2.05, 4.69) is 12.2 Å². The molecule has 0 heterocycles. The predicted octanol–water partition coefficient (Wildman–Crippen LogP) is 4.72. The lowest BCUT2D eigenvalue weighted by atomic mass is 10.1. The second-order valence-electron chi connectivity index (χ2n) is 5.79. The fraction of sp³-hybridized carbons (Fsp3) is 0.316. The highest BCUT2D eigenvalue weighted by Gasteiger charge is 2.12. The second-order valence-corrected chi connectivity index (χ2v) is 5.79. The van der Waals surface area contributed by atoms with E-state index in [4.69, 9.17) is 4.74 Å². The number of non-ortho nitro benzene ring substituents is 1. The van der Waals surface area contributed by atoms with Gasteiger partial charge in [-0.15, -0.1) is 0 Å². The molecular weight excluding hydrogens is 320 g/mol. The first-order valence-electron chi connectivity index (χ1n) is 8.30. The van der Waals surface area contributed by atoms with Crippen LogP contribution in [0.25, 0.3) is 0 Å². The average molecular weight is 342 g/mol. The maximum absolute atomic E-state index is 12.3. The zero-order valence-corrected chi connectivity index (χ0v) is 14.5. The quantitative estimate of drug-likeness (QED) is 0.427. The highest BCUT2D eigenvalue weighted by Crippen LogP contribution is 2.23. The van der Waals surface area contributed by atoms with E-state index in [0.29, 0.717) is 17.9 Å². The lowest BCUT2D eigenvalue weighted by molar-refractivity contribution is -0.384. The molecule has 25 heavy (non-hydrogen) atoms. The fourth-order valence-corrected chi connectivity index (χ4v) is 2.30. The zero-order valence-electron chi connectivity index (χ0n) is 14.5. The molecule has 0 aromatic heterocycles. The van der Waals surface area contributed by atoms with Gasteiger partial charge < -0.3 is 10.1 Å². The van der Waals surface area contributed by atoms with Gasteiger partial charge >= 0.3 is 0 Å². The van der Waals surface area contributed by atoms with E-state index in [-0.39, 0.29) is 11.6 Å². The first kappa shape index (κ1) is 18.4. The molecule has 1 N–H and O–H groups in total. The molecule has 0 aliphatic heterocycles.